The number of esters is 1. The van der Waals surface area contributed by atoms with Gasteiger partial charge in [0.15, 0.2) is 17.1 Å². The summed E-state index contributed by atoms with van der Waals surface area (Å²) in [7, 11) is 0. The third kappa shape index (κ3) is 3.79. The molecule has 0 amide bonds. The van der Waals surface area contributed by atoms with Crippen molar-refractivity contribution in [2.75, 3.05) is 26.5 Å². The number of hydrogen-bond donors (Lipinski definition) is 1. The van der Waals surface area contributed by atoms with Gasteiger partial charge in [-0.15, -0.1) is 0 Å². The van der Waals surface area contributed by atoms with E-state index in [0.717, 1.165) is 56.8 Å². The maximum absolute atomic E-state index is 13.2. The Hall–Kier alpha value is -2.57. The number of fused-ring (bicyclic) bond motifs is 2. The second-order valence-corrected chi connectivity index (χ2v) is 10.1. The van der Waals surface area contributed by atoms with E-state index in [4.69, 9.17) is 14.2 Å². The van der Waals surface area contributed by atoms with Gasteiger partial charge in [-0.1, -0.05) is 49.2 Å². The van der Waals surface area contributed by atoms with Crippen LogP contribution in [0.5, 0.6) is 11.5 Å². The molecule has 3 unspecified atom stereocenters. The molecule has 2 aliphatic heterocycles. The first kappa shape index (κ1) is 21.0. The molecule has 2 aromatic carbocycles. The number of benzene rings is 2. The van der Waals surface area contributed by atoms with E-state index in [0.29, 0.717) is 36.7 Å². The summed E-state index contributed by atoms with van der Waals surface area (Å²) in [5.74, 6) is 2.66. The average molecular weight is 450 g/mol. The van der Waals surface area contributed by atoms with Crippen LogP contribution >= 0.6 is 0 Å². The molecule has 2 saturated carbocycles. The molecule has 4 aliphatic rings. The lowest BCUT2D eigenvalue weighted by Crippen LogP contribution is -2.43. The fourth-order valence-electron chi connectivity index (χ4n) is 6.25. The molecule has 2 aliphatic carbocycles. The summed E-state index contributed by atoms with van der Waals surface area (Å²) in [5.41, 5.74) is 0.355. The lowest BCUT2D eigenvalue weighted by molar-refractivity contribution is -0.174. The molecule has 33 heavy (non-hydrogen) atoms. The van der Waals surface area contributed by atoms with E-state index in [-0.39, 0.29) is 5.92 Å². The van der Waals surface area contributed by atoms with Gasteiger partial charge in [0.25, 0.3) is 0 Å². The van der Waals surface area contributed by atoms with Crippen molar-refractivity contribution in [2.24, 2.45) is 23.7 Å². The standard InChI is InChI=1S/C27H31NO5/c29-26(27(30,20-8-4-5-9-20)19-6-2-1-3-7-19)31-16-23-21-14-28(15-22(21)23)13-18-10-11-24-25(12-18)33-17-32-24/h1-3,6-7,10-12,20-23,30H,4-5,8-9,13-17H2. The molecule has 0 spiro atoms. The fourth-order valence-corrected chi connectivity index (χ4v) is 6.25. The molecule has 6 heteroatoms. The van der Waals surface area contributed by atoms with Crippen LogP contribution in [-0.2, 0) is 21.7 Å². The molecule has 6 rings (SSSR count). The minimum atomic E-state index is -1.53. The predicted molar refractivity (Wildman–Crippen MR) is 122 cm³/mol. The molecule has 6 nitrogen and oxygen atoms in total. The molecule has 0 radical (unpaired) electrons. The van der Waals surface area contributed by atoms with Gasteiger partial charge < -0.3 is 19.3 Å². The van der Waals surface area contributed by atoms with Crippen LogP contribution in [0.1, 0.15) is 36.8 Å². The summed E-state index contributed by atoms with van der Waals surface area (Å²) >= 11 is 0. The topological polar surface area (TPSA) is 68.2 Å². The van der Waals surface area contributed by atoms with Gasteiger partial charge in [-0.2, -0.15) is 0 Å². The van der Waals surface area contributed by atoms with Gasteiger partial charge in [0.2, 0.25) is 6.79 Å². The van der Waals surface area contributed by atoms with Crippen LogP contribution < -0.4 is 9.47 Å². The maximum Gasteiger partial charge on any atom is 0.343 e. The first-order valence-electron chi connectivity index (χ1n) is 12.2. The quantitative estimate of drug-likeness (QED) is 0.650. The van der Waals surface area contributed by atoms with Crippen molar-refractivity contribution in [1.82, 2.24) is 4.90 Å². The third-order valence-corrected chi connectivity index (χ3v) is 8.17. The summed E-state index contributed by atoms with van der Waals surface area (Å²) in [6.45, 7) is 3.65. The van der Waals surface area contributed by atoms with Crippen LogP contribution in [0, 0.1) is 23.7 Å². The monoisotopic (exact) mass is 449 g/mol. The molecule has 0 aromatic heterocycles. The highest BCUT2D eigenvalue weighted by Gasteiger charge is 2.56. The Balaban J connectivity index is 1.04. The molecule has 3 atom stereocenters. The Morgan fingerprint density at radius 3 is 2.52 bits per heavy atom. The minimum Gasteiger partial charge on any atom is -0.463 e. The zero-order valence-corrected chi connectivity index (χ0v) is 18.8. The SMILES string of the molecule is O=C(OCC1C2CN(Cc3ccc4c(c3)OCO4)CC12)C(O)(c1ccccc1)C1CCCC1. The Kier molecular flexibility index (Phi) is 5.30. The molecule has 2 aromatic rings. The fraction of sp³-hybridized carbons (Fsp3) is 0.519. The van der Waals surface area contributed by atoms with Crippen LogP contribution in [0.15, 0.2) is 48.5 Å². The summed E-state index contributed by atoms with van der Waals surface area (Å²) in [4.78, 5) is 15.7. The number of piperidine rings is 1. The molecule has 1 N–H and O–H groups in total. The van der Waals surface area contributed by atoms with Crippen molar-refractivity contribution in [3.05, 3.63) is 59.7 Å². The normalized spacial score (nSPS) is 27.8. The van der Waals surface area contributed by atoms with Crippen LogP contribution in [0.2, 0.25) is 0 Å². The number of rotatable bonds is 7. The first-order valence-corrected chi connectivity index (χ1v) is 12.2. The number of ether oxygens (including phenoxy) is 3. The summed E-state index contributed by atoms with van der Waals surface area (Å²) in [6.07, 6.45) is 3.84. The number of likely N-dealkylation sites (tertiary alicyclic amines) is 1. The summed E-state index contributed by atoms with van der Waals surface area (Å²) in [6, 6.07) is 15.5. The Morgan fingerprint density at radius 1 is 1.03 bits per heavy atom. The smallest absolute Gasteiger partial charge is 0.343 e. The largest absolute Gasteiger partial charge is 0.463 e. The van der Waals surface area contributed by atoms with E-state index in [9.17, 15) is 9.90 Å². The highest BCUT2D eigenvalue weighted by Crippen LogP contribution is 2.52. The number of aliphatic hydroxyl groups is 1. The maximum atomic E-state index is 13.2. The van der Waals surface area contributed by atoms with Crippen LogP contribution in [-0.4, -0.2) is 42.5 Å². The van der Waals surface area contributed by atoms with Crippen molar-refractivity contribution in [3.8, 4) is 11.5 Å². The zero-order valence-electron chi connectivity index (χ0n) is 18.8. The van der Waals surface area contributed by atoms with E-state index in [2.05, 4.69) is 17.0 Å². The molecule has 0 bridgehead atoms. The van der Waals surface area contributed by atoms with Gasteiger partial charge in [0.05, 0.1) is 6.61 Å². The van der Waals surface area contributed by atoms with Gasteiger partial charge in [0.1, 0.15) is 0 Å². The van der Waals surface area contributed by atoms with Gasteiger partial charge in [-0.05, 0) is 47.9 Å². The lowest BCUT2D eigenvalue weighted by atomic mass is 9.80. The second kappa shape index (κ2) is 8.33. The van der Waals surface area contributed by atoms with Crippen molar-refractivity contribution in [3.63, 3.8) is 0 Å². The van der Waals surface area contributed by atoms with Crippen molar-refractivity contribution in [1.29, 1.82) is 0 Å². The average Bonchev–Trinajstić information content (AvgIpc) is 3.38. The van der Waals surface area contributed by atoms with E-state index in [1.807, 2.05) is 36.4 Å². The second-order valence-electron chi connectivity index (χ2n) is 10.1. The van der Waals surface area contributed by atoms with Gasteiger partial charge in [-0.3, -0.25) is 4.90 Å². The number of nitrogens with zero attached hydrogens (tertiary/aromatic N) is 1. The highest BCUT2D eigenvalue weighted by molar-refractivity contribution is 5.81. The number of carbonyl (C=O) groups is 1. The van der Waals surface area contributed by atoms with Crippen LogP contribution in [0.25, 0.3) is 0 Å². The molecular weight excluding hydrogens is 418 g/mol. The van der Waals surface area contributed by atoms with Crippen molar-refractivity contribution in [2.45, 2.75) is 37.8 Å². The van der Waals surface area contributed by atoms with Crippen molar-refractivity contribution >= 4 is 5.97 Å². The van der Waals surface area contributed by atoms with Gasteiger partial charge in [0, 0.05) is 31.5 Å². The Labute approximate surface area is 194 Å². The Morgan fingerprint density at radius 2 is 1.76 bits per heavy atom. The highest BCUT2D eigenvalue weighted by atomic mass is 16.7. The van der Waals surface area contributed by atoms with Crippen LogP contribution in [0.4, 0.5) is 0 Å². The van der Waals surface area contributed by atoms with E-state index in [1.54, 1.807) is 0 Å². The molecule has 2 heterocycles. The molecule has 3 fully saturated rings. The molecular formula is C27H31NO5. The van der Waals surface area contributed by atoms with Gasteiger partial charge >= 0.3 is 5.97 Å². The minimum absolute atomic E-state index is 0.0664. The third-order valence-electron chi connectivity index (χ3n) is 8.17. The molecule has 174 valence electrons. The van der Waals surface area contributed by atoms with Crippen LogP contribution in [0.3, 0.4) is 0 Å². The number of carbonyl (C=O) groups excluding carboxylic acids is 1. The van der Waals surface area contributed by atoms with E-state index < -0.39 is 11.6 Å². The zero-order chi connectivity index (χ0) is 22.4. The lowest BCUT2D eigenvalue weighted by Gasteiger charge is -2.32. The summed E-state index contributed by atoms with van der Waals surface area (Å²) in [5, 5.41) is 11.6. The number of hydrogen-bond acceptors (Lipinski definition) is 6. The van der Waals surface area contributed by atoms with E-state index in [1.165, 1.54) is 5.56 Å². The predicted octanol–water partition coefficient (Wildman–Crippen LogP) is 3.71. The Bertz CT molecular complexity index is 1010. The van der Waals surface area contributed by atoms with Gasteiger partial charge in [-0.25, -0.2) is 4.79 Å². The summed E-state index contributed by atoms with van der Waals surface area (Å²) < 4.78 is 16.7. The van der Waals surface area contributed by atoms with E-state index >= 15 is 0 Å². The molecule has 1 saturated heterocycles. The first-order chi connectivity index (χ1) is 16.1. The van der Waals surface area contributed by atoms with Crippen molar-refractivity contribution < 1.29 is 24.1 Å².